The van der Waals surface area contributed by atoms with Gasteiger partial charge < -0.3 is 15.4 Å². The van der Waals surface area contributed by atoms with Gasteiger partial charge in [0.1, 0.15) is 5.75 Å². The Balaban J connectivity index is 3.23. The third-order valence-corrected chi connectivity index (χ3v) is 4.05. The summed E-state index contributed by atoms with van der Waals surface area (Å²) in [5, 5.41) is 0. The second-order valence-electron chi connectivity index (χ2n) is 5.79. The number of nitrogens with zero attached hydrogens (tertiary/aromatic N) is 1. The summed E-state index contributed by atoms with van der Waals surface area (Å²) in [6, 6.07) is 8.55. The van der Waals surface area contributed by atoms with Gasteiger partial charge in [-0.1, -0.05) is 38.8 Å². The number of hydrogen-bond donors (Lipinski definition) is 1. The highest BCUT2D eigenvalue weighted by Crippen LogP contribution is 2.33. The molecular formula is C17H30N2O. The maximum absolute atomic E-state index is 6.89. The topological polar surface area (TPSA) is 38.5 Å². The number of hydrogen-bond acceptors (Lipinski definition) is 3. The highest BCUT2D eigenvalue weighted by molar-refractivity contribution is 5.34. The lowest BCUT2D eigenvalue weighted by Gasteiger charge is -2.42. The molecule has 0 spiro atoms. The predicted octanol–water partition coefficient (Wildman–Crippen LogP) is 3.38. The predicted molar refractivity (Wildman–Crippen MR) is 86.2 cm³/mol. The molecule has 20 heavy (non-hydrogen) atoms. The molecule has 0 bridgehead atoms. The van der Waals surface area contributed by atoms with Gasteiger partial charge in [-0.15, -0.1) is 0 Å². The summed E-state index contributed by atoms with van der Waals surface area (Å²) >= 11 is 0. The number of methoxy groups -OCH3 is 1. The van der Waals surface area contributed by atoms with Crippen molar-refractivity contribution in [2.75, 3.05) is 21.2 Å². The van der Waals surface area contributed by atoms with Gasteiger partial charge in [-0.05, 0) is 44.6 Å². The molecular weight excluding hydrogens is 248 g/mol. The lowest BCUT2D eigenvalue weighted by atomic mass is 9.77. The van der Waals surface area contributed by atoms with E-state index in [0.717, 1.165) is 31.4 Å². The largest absolute Gasteiger partial charge is 0.497 e. The molecule has 1 aromatic carbocycles. The monoisotopic (exact) mass is 278 g/mol. The number of benzene rings is 1. The smallest absolute Gasteiger partial charge is 0.119 e. The van der Waals surface area contributed by atoms with Crippen LogP contribution in [-0.4, -0.2) is 32.1 Å². The fraction of sp³-hybridized carbons (Fsp3) is 0.647. The van der Waals surface area contributed by atoms with Crippen molar-refractivity contribution in [3.63, 3.8) is 0 Å². The number of likely N-dealkylation sites (N-methyl/N-ethyl adjacent to an activating group) is 1. The van der Waals surface area contributed by atoms with Crippen molar-refractivity contribution in [3.05, 3.63) is 29.8 Å². The van der Waals surface area contributed by atoms with Crippen LogP contribution in [-0.2, 0) is 5.54 Å². The Bertz CT molecular complexity index is 406. The first kappa shape index (κ1) is 17.0. The van der Waals surface area contributed by atoms with E-state index in [4.69, 9.17) is 10.5 Å². The van der Waals surface area contributed by atoms with Gasteiger partial charge in [0.15, 0.2) is 0 Å². The van der Waals surface area contributed by atoms with E-state index in [1.54, 1.807) is 7.11 Å². The maximum atomic E-state index is 6.89. The Morgan fingerprint density at radius 1 is 1.25 bits per heavy atom. The number of rotatable bonds is 8. The van der Waals surface area contributed by atoms with E-state index in [9.17, 15) is 0 Å². The van der Waals surface area contributed by atoms with E-state index in [-0.39, 0.29) is 5.54 Å². The van der Waals surface area contributed by atoms with Crippen molar-refractivity contribution < 1.29 is 4.74 Å². The van der Waals surface area contributed by atoms with Crippen LogP contribution < -0.4 is 10.5 Å². The van der Waals surface area contributed by atoms with Crippen molar-refractivity contribution in [1.82, 2.24) is 4.90 Å². The molecule has 0 radical (unpaired) electrons. The molecule has 2 N–H and O–H groups in total. The van der Waals surface area contributed by atoms with Crippen LogP contribution in [0.5, 0.6) is 5.75 Å². The van der Waals surface area contributed by atoms with Crippen LogP contribution >= 0.6 is 0 Å². The van der Waals surface area contributed by atoms with Gasteiger partial charge >= 0.3 is 0 Å². The third-order valence-electron chi connectivity index (χ3n) is 4.05. The summed E-state index contributed by atoms with van der Waals surface area (Å²) in [7, 11) is 5.95. The zero-order valence-electron chi connectivity index (χ0n) is 13.6. The van der Waals surface area contributed by atoms with Crippen LogP contribution in [0.1, 0.15) is 45.1 Å². The summed E-state index contributed by atoms with van der Waals surface area (Å²) in [4.78, 5) is 2.26. The van der Waals surface area contributed by atoms with Gasteiger partial charge in [-0.25, -0.2) is 0 Å². The highest BCUT2D eigenvalue weighted by atomic mass is 16.5. The highest BCUT2D eigenvalue weighted by Gasteiger charge is 2.36. The van der Waals surface area contributed by atoms with E-state index >= 15 is 0 Å². The average molecular weight is 278 g/mol. The Labute approximate surface area is 124 Å². The van der Waals surface area contributed by atoms with Crippen molar-refractivity contribution in [3.8, 4) is 5.75 Å². The molecule has 2 unspecified atom stereocenters. The molecule has 0 saturated carbocycles. The van der Waals surface area contributed by atoms with Gasteiger partial charge in [0.05, 0.1) is 12.6 Å². The normalized spacial score (nSPS) is 15.9. The molecule has 0 aromatic heterocycles. The molecule has 3 nitrogen and oxygen atoms in total. The summed E-state index contributed by atoms with van der Waals surface area (Å²) in [5.41, 5.74) is 7.73. The second-order valence-corrected chi connectivity index (χ2v) is 5.79. The Hall–Kier alpha value is -1.06. The van der Waals surface area contributed by atoms with Crippen LogP contribution in [0.15, 0.2) is 24.3 Å². The van der Waals surface area contributed by atoms with E-state index in [2.05, 4.69) is 45.0 Å². The van der Waals surface area contributed by atoms with E-state index in [0.29, 0.717) is 6.04 Å². The van der Waals surface area contributed by atoms with Gasteiger partial charge in [0.2, 0.25) is 0 Å². The zero-order chi connectivity index (χ0) is 15.2. The van der Waals surface area contributed by atoms with Crippen LogP contribution in [0.2, 0.25) is 0 Å². The molecule has 1 aromatic rings. The first-order valence-electron chi connectivity index (χ1n) is 7.59. The standard InChI is InChI=1S/C17H30N2O/c1-6-9-16(19(3)4)17(18,12-7-2)14-10-8-11-15(13-14)20-5/h8,10-11,13,16H,6-7,9,12,18H2,1-5H3. The summed E-state index contributed by atoms with van der Waals surface area (Å²) < 4.78 is 5.36. The molecule has 2 atom stereocenters. The summed E-state index contributed by atoms with van der Waals surface area (Å²) in [5.74, 6) is 0.877. The van der Waals surface area contributed by atoms with Gasteiger partial charge in [0, 0.05) is 6.04 Å². The van der Waals surface area contributed by atoms with E-state index in [1.807, 2.05) is 12.1 Å². The van der Waals surface area contributed by atoms with Crippen LogP contribution in [0, 0.1) is 0 Å². The second kappa shape index (κ2) is 7.65. The number of ether oxygens (including phenoxy) is 1. The molecule has 0 aliphatic heterocycles. The van der Waals surface area contributed by atoms with Crippen LogP contribution in [0.3, 0.4) is 0 Å². The van der Waals surface area contributed by atoms with Crippen molar-refractivity contribution >= 4 is 0 Å². The quantitative estimate of drug-likeness (QED) is 0.792. The average Bonchev–Trinajstić information content (AvgIpc) is 2.44. The van der Waals surface area contributed by atoms with Crippen LogP contribution in [0.25, 0.3) is 0 Å². The minimum atomic E-state index is -0.331. The van der Waals surface area contributed by atoms with Crippen molar-refractivity contribution in [1.29, 1.82) is 0 Å². The van der Waals surface area contributed by atoms with Crippen molar-refractivity contribution in [2.24, 2.45) is 5.73 Å². The lowest BCUT2D eigenvalue weighted by Crippen LogP contribution is -2.54. The fourth-order valence-electron chi connectivity index (χ4n) is 3.08. The van der Waals surface area contributed by atoms with E-state index < -0.39 is 0 Å². The first-order valence-corrected chi connectivity index (χ1v) is 7.59. The summed E-state index contributed by atoms with van der Waals surface area (Å²) in [6.07, 6.45) is 4.28. The Morgan fingerprint density at radius 3 is 2.45 bits per heavy atom. The number of nitrogens with two attached hydrogens (primary N) is 1. The zero-order valence-corrected chi connectivity index (χ0v) is 13.6. The molecule has 0 heterocycles. The minimum absolute atomic E-state index is 0.331. The van der Waals surface area contributed by atoms with Crippen LogP contribution in [0.4, 0.5) is 0 Å². The molecule has 3 heteroatoms. The van der Waals surface area contributed by atoms with Gasteiger partial charge in [-0.2, -0.15) is 0 Å². The maximum Gasteiger partial charge on any atom is 0.119 e. The minimum Gasteiger partial charge on any atom is -0.497 e. The third kappa shape index (κ3) is 3.74. The fourth-order valence-corrected chi connectivity index (χ4v) is 3.08. The van der Waals surface area contributed by atoms with Gasteiger partial charge in [0.25, 0.3) is 0 Å². The Kier molecular flexibility index (Phi) is 6.50. The summed E-state index contributed by atoms with van der Waals surface area (Å²) in [6.45, 7) is 4.41. The Morgan fingerprint density at radius 2 is 1.95 bits per heavy atom. The molecule has 1 rings (SSSR count). The molecule has 0 aliphatic carbocycles. The van der Waals surface area contributed by atoms with Gasteiger partial charge in [-0.3, -0.25) is 0 Å². The molecule has 0 amide bonds. The molecule has 0 fully saturated rings. The molecule has 0 aliphatic rings. The lowest BCUT2D eigenvalue weighted by molar-refractivity contribution is 0.153. The first-order chi connectivity index (χ1) is 9.49. The van der Waals surface area contributed by atoms with E-state index in [1.165, 1.54) is 5.56 Å². The molecule has 0 saturated heterocycles. The molecule has 114 valence electrons. The van der Waals surface area contributed by atoms with Crippen molar-refractivity contribution in [2.45, 2.75) is 51.1 Å². The SMILES string of the molecule is CCCC(N(C)C)C(N)(CCC)c1cccc(OC)c1.